The zero-order valence-electron chi connectivity index (χ0n) is 27.3. The predicted molar refractivity (Wildman–Crippen MR) is 200 cm³/mol. The van der Waals surface area contributed by atoms with Crippen LogP contribution in [0.1, 0.15) is 12.8 Å². The van der Waals surface area contributed by atoms with E-state index in [0.717, 1.165) is 59.1 Å². The van der Waals surface area contributed by atoms with Crippen molar-refractivity contribution in [1.29, 1.82) is 0 Å². The number of hydrogen-bond donors (Lipinski definition) is 1. The quantitative estimate of drug-likeness (QED) is 0.0738. The van der Waals surface area contributed by atoms with E-state index in [4.69, 9.17) is 38.4 Å². The van der Waals surface area contributed by atoms with E-state index < -0.39 is 0 Å². The van der Waals surface area contributed by atoms with E-state index in [-0.39, 0.29) is 39.9 Å². The van der Waals surface area contributed by atoms with Crippen molar-refractivity contribution < 1.29 is 31.5 Å². The summed E-state index contributed by atoms with van der Waals surface area (Å²) in [4.78, 5) is 24.2. The molecule has 13 heteroatoms. The number of aromatic nitrogens is 2. The summed E-state index contributed by atoms with van der Waals surface area (Å²) >= 11 is 12.0. The number of fused-ring (bicyclic) bond motifs is 2. The largest absolute Gasteiger partial charge is 0.472 e. The number of pyridine rings is 2. The minimum absolute atomic E-state index is 0. The van der Waals surface area contributed by atoms with Crippen molar-refractivity contribution in [3.05, 3.63) is 129 Å². The fraction of sp³-hybridized carbons (Fsp3) is 0.211. The van der Waals surface area contributed by atoms with Crippen LogP contribution in [0.3, 0.4) is 0 Å². The number of nitrogen functional groups attached to an aromatic ring is 1. The molecule has 4 heterocycles. The summed E-state index contributed by atoms with van der Waals surface area (Å²) < 4.78 is 12.1. The number of hydrogen-bond acceptors (Lipinski definition) is 9. The summed E-state index contributed by atoms with van der Waals surface area (Å²) in [6.07, 6.45) is 1.79. The SMILES string of the molecule is Nc1ccccc1N1CC[C@H](Oc2ccc3cc(Cl)ccc3n2)C1.O=[N+]([O-])c1ccccc1N1CC[C@H](Oc2ccc3cc(Cl)ccc3n2)C1.[Fe]. The second kappa shape index (κ2) is 16.0. The normalized spacial score (nSPS) is 16.7. The van der Waals surface area contributed by atoms with Crippen LogP contribution >= 0.6 is 23.2 Å². The van der Waals surface area contributed by atoms with E-state index in [1.807, 2.05) is 83.8 Å². The van der Waals surface area contributed by atoms with Crippen molar-refractivity contribution in [3.63, 3.8) is 0 Å². The summed E-state index contributed by atoms with van der Waals surface area (Å²) in [5.74, 6) is 1.20. The second-order valence-corrected chi connectivity index (χ2v) is 13.1. The molecule has 0 radical (unpaired) electrons. The Hall–Kier alpha value is -4.80. The van der Waals surface area contributed by atoms with E-state index >= 15 is 0 Å². The van der Waals surface area contributed by atoms with E-state index in [1.54, 1.807) is 18.2 Å². The first kappa shape index (κ1) is 36.0. The number of rotatable bonds is 7. The third-order valence-electron chi connectivity index (χ3n) is 8.81. The van der Waals surface area contributed by atoms with Gasteiger partial charge < -0.3 is 25.0 Å². The van der Waals surface area contributed by atoms with Gasteiger partial charge in [0.25, 0.3) is 5.69 Å². The number of halogens is 2. The molecule has 2 aliphatic rings. The molecule has 0 saturated carbocycles. The monoisotopic (exact) mass is 764 g/mol. The van der Waals surface area contributed by atoms with Crippen molar-refractivity contribution in [2.45, 2.75) is 25.0 Å². The number of nitrogens with zero attached hydrogens (tertiary/aromatic N) is 5. The molecule has 6 aromatic rings. The average molecular weight is 765 g/mol. The molecule has 2 saturated heterocycles. The molecule has 10 nitrogen and oxygen atoms in total. The fourth-order valence-electron chi connectivity index (χ4n) is 6.38. The van der Waals surface area contributed by atoms with Crippen molar-refractivity contribution in [3.8, 4) is 11.8 Å². The first-order valence-electron chi connectivity index (χ1n) is 16.3. The van der Waals surface area contributed by atoms with Crippen LogP contribution < -0.4 is 25.0 Å². The number of anilines is 3. The van der Waals surface area contributed by atoms with Gasteiger partial charge in [-0.15, -0.1) is 0 Å². The first-order chi connectivity index (χ1) is 24.3. The number of para-hydroxylation sites is 4. The van der Waals surface area contributed by atoms with Crippen LogP contribution in [0.5, 0.6) is 11.8 Å². The minimum atomic E-state index is -0.348. The summed E-state index contributed by atoms with van der Waals surface area (Å²) in [5, 5.41) is 14.6. The predicted octanol–water partition coefficient (Wildman–Crippen LogP) is 8.58. The molecule has 2 N–H and O–H groups in total. The van der Waals surface area contributed by atoms with Crippen molar-refractivity contribution in [1.82, 2.24) is 9.97 Å². The van der Waals surface area contributed by atoms with Crippen molar-refractivity contribution in [2.75, 3.05) is 41.7 Å². The third kappa shape index (κ3) is 8.57. The number of benzene rings is 4. The van der Waals surface area contributed by atoms with Gasteiger partial charge in [-0.2, -0.15) is 0 Å². The molecule has 0 aliphatic carbocycles. The molecule has 0 bridgehead atoms. The maximum atomic E-state index is 11.2. The summed E-state index contributed by atoms with van der Waals surface area (Å²) in [5.41, 5.74) is 10.4. The third-order valence-corrected chi connectivity index (χ3v) is 9.28. The first-order valence-corrected chi connectivity index (χ1v) is 17.1. The van der Waals surface area contributed by atoms with Gasteiger partial charge in [0.05, 0.1) is 40.4 Å². The second-order valence-electron chi connectivity index (χ2n) is 12.2. The number of nitro benzene ring substituents is 1. The summed E-state index contributed by atoms with van der Waals surface area (Å²) in [6, 6.07) is 33.6. The van der Waals surface area contributed by atoms with Crippen LogP contribution in [0, 0.1) is 10.1 Å². The molecular weight excluding hydrogens is 731 g/mol. The van der Waals surface area contributed by atoms with Crippen LogP contribution in [-0.4, -0.2) is 53.3 Å². The molecule has 2 aliphatic heterocycles. The van der Waals surface area contributed by atoms with Crippen LogP contribution in [0.4, 0.5) is 22.7 Å². The number of nitro groups is 1. The smallest absolute Gasteiger partial charge is 0.292 e. The van der Waals surface area contributed by atoms with Gasteiger partial charge in [-0.05, 0) is 66.7 Å². The van der Waals surface area contributed by atoms with E-state index in [9.17, 15) is 10.1 Å². The number of nitrogens with two attached hydrogens (primary N) is 1. The topological polar surface area (TPSA) is 120 Å². The Balaban J connectivity index is 0.000000173. The summed E-state index contributed by atoms with van der Waals surface area (Å²) in [7, 11) is 0. The maximum Gasteiger partial charge on any atom is 0.292 e. The van der Waals surface area contributed by atoms with E-state index in [1.165, 1.54) is 6.07 Å². The Morgan fingerprint density at radius 2 is 1.18 bits per heavy atom. The number of ether oxygens (including phenoxy) is 2. The molecule has 0 amide bonds. The van der Waals surface area contributed by atoms with Crippen LogP contribution in [0.2, 0.25) is 10.0 Å². The van der Waals surface area contributed by atoms with Gasteiger partial charge in [-0.25, -0.2) is 9.97 Å². The minimum Gasteiger partial charge on any atom is -0.472 e. The van der Waals surface area contributed by atoms with Crippen molar-refractivity contribution >= 4 is 67.8 Å². The van der Waals surface area contributed by atoms with Crippen molar-refractivity contribution in [2.24, 2.45) is 0 Å². The fourth-order valence-corrected chi connectivity index (χ4v) is 6.74. The van der Waals surface area contributed by atoms with Gasteiger partial charge in [0, 0.05) is 82.0 Å². The average Bonchev–Trinajstić information content (AvgIpc) is 3.79. The molecule has 2 atom stereocenters. The van der Waals surface area contributed by atoms with Gasteiger partial charge in [0.2, 0.25) is 11.8 Å². The molecule has 0 unspecified atom stereocenters. The standard InChI is InChI=1S/C19H16ClN3O3.C19H18ClN3O.Fe/c20-14-6-7-16-13(11-14)5-8-19(21-16)26-15-9-10-22(12-15)17-3-1-2-4-18(17)23(24)25;20-14-6-7-17-13(11-14)5-8-19(22-17)24-15-9-10-23(12-15)18-4-2-1-3-16(18)21;/h1-8,11,15H,9-10,12H2;1-8,11,15H,9-10,12,21H2;/t2*15-;/m00./s1. The molecule has 262 valence electrons. The van der Waals surface area contributed by atoms with E-state index in [2.05, 4.69) is 20.9 Å². The molecule has 8 rings (SSSR count). The molecular formula is C38H34Cl2FeN6O4. The molecule has 0 spiro atoms. The Labute approximate surface area is 315 Å². The summed E-state index contributed by atoms with van der Waals surface area (Å²) in [6.45, 7) is 3.04. The Kier molecular flexibility index (Phi) is 11.3. The zero-order valence-corrected chi connectivity index (χ0v) is 30.0. The zero-order chi connectivity index (χ0) is 34.6. The molecule has 51 heavy (non-hydrogen) atoms. The van der Waals surface area contributed by atoms with E-state index in [0.29, 0.717) is 40.6 Å². The Bertz CT molecular complexity index is 2180. The molecule has 4 aromatic carbocycles. The van der Waals surface area contributed by atoms with Crippen LogP contribution in [-0.2, 0) is 17.1 Å². The van der Waals surface area contributed by atoms with Gasteiger partial charge >= 0.3 is 0 Å². The Morgan fingerprint density at radius 3 is 1.71 bits per heavy atom. The van der Waals surface area contributed by atoms with Gasteiger partial charge in [-0.3, -0.25) is 10.1 Å². The Morgan fingerprint density at radius 1 is 0.686 bits per heavy atom. The maximum absolute atomic E-state index is 11.2. The van der Waals surface area contributed by atoms with Gasteiger partial charge in [0.1, 0.15) is 17.9 Å². The molecule has 2 aromatic heterocycles. The molecule has 2 fully saturated rings. The van der Waals surface area contributed by atoms with Gasteiger partial charge in [-0.1, -0.05) is 47.5 Å². The van der Waals surface area contributed by atoms with Crippen LogP contribution in [0.25, 0.3) is 21.8 Å². The van der Waals surface area contributed by atoms with Crippen LogP contribution in [0.15, 0.2) is 109 Å². The van der Waals surface area contributed by atoms with Gasteiger partial charge in [0.15, 0.2) is 0 Å².